The third-order valence-corrected chi connectivity index (χ3v) is 7.60. The van der Waals surface area contributed by atoms with Gasteiger partial charge in [-0.2, -0.15) is 0 Å². The van der Waals surface area contributed by atoms with Crippen LogP contribution in [0.4, 0.5) is 0 Å². The average molecular weight is 524 g/mol. The van der Waals surface area contributed by atoms with Crippen LogP contribution in [0, 0.1) is 6.92 Å². The van der Waals surface area contributed by atoms with Gasteiger partial charge >= 0.3 is 0 Å². The van der Waals surface area contributed by atoms with Gasteiger partial charge in [0.05, 0.1) is 6.04 Å². The lowest BCUT2D eigenvalue weighted by molar-refractivity contribution is -0.109. The van der Waals surface area contributed by atoms with E-state index >= 15 is 0 Å². The highest BCUT2D eigenvalue weighted by molar-refractivity contribution is 6.35. The Balaban J connectivity index is 0.000000214. The molecule has 0 saturated heterocycles. The lowest BCUT2D eigenvalue weighted by Crippen LogP contribution is -2.45. The van der Waals surface area contributed by atoms with Crippen LogP contribution in [0.1, 0.15) is 64.3 Å². The molecular weight excluding hydrogens is 491 g/mol. The van der Waals surface area contributed by atoms with Crippen LogP contribution >= 0.6 is 23.2 Å². The van der Waals surface area contributed by atoms with E-state index in [-0.39, 0.29) is 11.9 Å². The highest BCUT2D eigenvalue weighted by Gasteiger charge is 2.39. The van der Waals surface area contributed by atoms with Crippen molar-refractivity contribution in [3.05, 3.63) is 105 Å². The molecule has 1 aliphatic carbocycles. The number of carbonyl (C=O) groups is 2. The van der Waals surface area contributed by atoms with Crippen LogP contribution in [-0.2, 0) is 17.6 Å². The third kappa shape index (κ3) is 6.29. The molecule has 1 saturated carbocycles. The molecule has 3 aromatic carbocycles. The number of fused-ring (bicyclic) bond motifs is 1. The van der Waals surface area contributed by atoms with Gasteiger partial charge in [0.15, 0.2) is 0 Å². The molecule has 1 N–H and O–H groups in total. The number of halogens is 2. The van der Waals surface area contributed by atoms with E-state index in [1.807, 2.05) is 30.3 Å². The molecule has 1 atom stereocenters. The van der Waals surface area contributed by atoms with Gasteiger partial charge in [-0.3, -0.25) is 9.59 Å². The fraction of sp³-hybridized carbons (Fsp3) is 0.333. The topological polar surface area (TPSA) is 49.4 Å². The molecule has 6 heteroatoms. The lowest BCUT2D eigenvalue weighted by Gasteiger charge is -2.41. The predicted molar refractivity (Wildman–Crippen MR) is 147 cm³/mol. The molecule has 1 aliphatic heterocycles. The SMILES string of the molecule is Cc1ccc(CCNC=O)cc1.O=C1c2ccccc2CC(c2ccc(Cl)cc2Cl)N1C1CCCC1. The summed E-state index contributed by atoms with van der Waals surface area (Å²) >= 11 is 12.6. The van der Waals surface area contributed by atoms with E-state index in [2.05, 4.69) is 47.5 Å². The van der Waals surface area contributed by atoms with E-state index in [1.165, 1.54) is 24.0 Å². The molecule has 36 heavy (non-hydrogen) atoms. The summed E-state index contributed by atoms with van der Waals surface area (Å²) in [6.07, 6.45) is 6.98. The van der Waals surface area contributed by atoms with Crippen molar-refractivity contribution in [2.24, 2.45) is 0 Å². The van der Waals surface area contributed by atoms with E-state index in [1.54, 1.807) is 6.07 Å². The molecule has 5 rings (SSSR count). The first-order valence-electron chi connectivity index (χ1n) is 12.6. The van der Waals surface area contributed by atoms with E-state index in [9.17, 15) is 9.59 Å². The van der Waals surface area contributed by atoms with Crippen molar-refractivity contribution in [2.45, 2.75) is 57.5 Å². The average Bonchev–Trinajstić information content (AvgIpc) is 3.40. The fourth-order valence-corrected chi connectivity index (χ4v) is 5.69. The van der Waals surface area contributed by atoms with E-state index in [0.717, 1.165) is 48.8 Å². The van der Waals surface area contributed by atoms with Crippen LogP contribution in [0.15, 0.2) is 66.7 Å². The first kappa shape index (κ1) is 26.2. The van der Waals surface area contributed by atoms with Crippen molar-refractivity contribution < 1.29 is 9.59 Å². The number of hydrogen-bond donors (Lipinski definition) is 1. The minimum absolute atomic E-state index is 0.0136. The molecule has 4 nitrogen and oxygen atoms in total. The summed E-state index contributed by atoms with van der Waals surface area (Å²) in [5, 5.41) is 3.90. The van der Waals surface area contributed by atoms with Gasteiger partial charge in [-0.05, 0) is 67.5 Å². The Morgan fingerprint density at radius 1 is 1.00 bits per heavy atom. The van der Waals surface area contributed by atoms with Crippen molar-refractivity contribution in [1.29, 1.82) is 0 Å². The summed E-state index contributed by atoms with van der Waals surface area (Å²) < 4.78 is 0. The van der Waals surface area contributed by atoms with Gasteiger partial charge < -0.3 is 10.2 Å². The molecule has 0 radical (unpaired) electrons. The molecule has 0 aromatic heterocycles. The molecular formula is C30H32Cl2N2O2. The second-order valence-electron chi connectivity index (χ2n) is 9.50. The van der Waals surface area contributed by atoms with E-state index < -0.39 is 0 Å². The fourth-order valence-electron chi connectivity index (χ4n) is 5.16. The van der Waals surface area contributed by atoms with Gasteiger partial charge in [-0.15, -0.1) is 0 Å². The van der Waals surface area contributed by atoms with Crippen LogP contribution in [0.3, 0.4) is 0 Å². The first-order valence-corrected chi connectivity index (χ1v) is 13.3. The number of rotatable bonds is 6. The van der Waals surface area contributed by atoms with Crippen molar-refractivity contribution in [3.63, 3.8) is 0 Å². The summed E-state index contributed by atoms with van der Waals surface area (Å²) in [5.74, 6) is 0.139. The van der Waals surface area contributed by atoms with Gasteiger partial charge in [0.2, 0.25) is 6.41 Å². The Bertz CT molecular complexity index is 1190. The summed E-state index contributed by atoms with van der Waals surface area (Å²) in [5.41, 5.74) is 5.46. The maximum absolute atomic E-state index is 13.2. The summed E-state index contributed by atoms with van der Waals surface area (Å²) in [6, 6.07) is 22.2. The van der Waals surface area contributed by atoms with Crippen LogP contribution in [-0.4, -0.2) is 29.8 Å². The number of nitrogens with one attached hydrogen (secondary N) is 1. The zero-order chi connectivity index (χ0) is 25.5. The van der Waals surface area contributed by atoms with Gasteiger partial charge in [-0.1, -0.05) is 90.1 Å². The van der Waals surface area contributed by atoms with Crippen molar-refractivity contribution in [1.82, 2.24) is 10.2 Å². The Kier molecular flexibility index (Phi) is 9.06. The number of benzene rings is 3. The smallest absolute Gasteiger partial charge is 0.254 e. The number of nitrogens with zero attached hydrogens (tertiary/aromatic N) is 1. The maximum Gasteiger partial charge on any atom is 0.254 e. The Morgan fingerprint density at radius 3 is 2.42 bits per heavy atom. The molecule has 0 bridgehead atoms. The lowest BCUT2D eigenvalue weighted by atomic mass is 9.88. The van der Waals surface area contributed by atoms with Crippen LogP contribution in [0.5, 0.6) is 0 Å². The molecule has 2 aliphatic rings. The highest BCUT2D eigenvalue weighted by atomic mass is 35.5. The first-order chi connectivity index (χ1) is 17.5. The van der Waals surface area contributed by atoms with Gasteiger partial charge in [-0.25, -0.2) is 0 Å². The maximum atomic E-state index is 13.2. The zero-order valence-corrected chi connectivity index (χ0v) is 22.1. The highest BCUT2D eigenvalue weighted by Crippen LogP contribution is 2.41. The van der Waals surface area contributed by atoms with Gasteiger partial charge in [0, 0.05) is 28.2 Å². The van der Waals surface area contributed by atoms with Crippen molar-refractivity contribution >= 4 is 35.5 Å². The normalized spacial score (nSPS) is 17.2. The summed E-state index contributed by atoms with van der Waals surface area (Å²) in [7, 11) is 0. The molecule has 3 aromatic rings. The third-order valence-electron chi connectivity index (χ3n) is 7.03. The summed E-state index contributed by atoms with van der Waals surface area (Å²) in [6.45, 7) is 2.78. The number of amides is 2. The van der Waals surface area contributed by atoms with Crippen molar-refractivity contribution in [3.8, 4) is 0 Å². The van der Waals surface area contributed by atoms with E-state index in [0.29, 0.717) is 22.6 Å². The second kappa shape index (κ2) is 12.4. The second-order valence-corrected chi connectivity index (χ2v) is 10.3. The number of carbonyl (C=O) groups excluding carboxylic acids is 2. The monoisotopic (exact) mass is 522 g/mol. The van der Waals surface area contributed by atoms with Crippen LogP contribution in [0.25, 0.3) is 0 Å². The Labute approximate surface area is 223 Å². The van der Waals surface area contributed by atoms with Crippen molar-refractivity contribution in [2.75, 3.05) is 6.54 Å². The predicted octanol–water partition coefficient (Wildman–Crippen LogP) is 6.96. The quantitative estimate of drug-likeness (QED) is 0.281. The standard InChI is InChI=1S/C20H19Cl2NO.C10H13NO/c21-14-9-10-17(18(22)12-14)19-11-13-5-1-4-8-16(13)20(24)23(19)15-6-2-3-7-15;1-9-2-4-10(5-3-9)6-7-11-8-12/h1,4-5,8-10,12,15,19H,2-3,6-7,11H2;2-5,8H,6-7H2,1H3,(H,11,12). The molecule has 1 fully saturated rings. The zero-order valence-electron chi connectivity index (χ0n) is 20.6. The molecule has 0 spiro atoms. The number of aryl methyl sites for hydroxylation is 1. The molecule has 1 unspecified atom stereocenters. The van der Waals surface area contributed by atoms with Crippen LogP contribution in [0.2, 0.25) is 10.0 Å². The minimum atomic E-state index is -0.0136. The summed E-state index contributed by atoms with van der Waals surface area (Å²) in [4.78, 5) is 25.2. The van der Waals surface area contributed by atoms with E-state index in [4.69, 9.17) is 23.2 Å². The molecule has 188 valence electrons. The van der Waals surface area contributed by atoms with Gasteiger partial charge in [0.25, 0.3) is 5.91 Å². The largest absolute Gasteiger partial charge is 0.358 e. The molecule has 2 amide bonds. The number of hydrogen-bond acceptors (Lipinski definition) is 2. The minimum Gasteiger partial charge on any atom is -0.358 e. The van der Waals surface area contributed by atoms with Crippen LogP contribution < -0.4 is 5.32 Å². The Hall–Kier alpha value is -2.82. The Morgan fingerprint density at radius 2 is 1.72 bits per heavy atom. The van der Waals surface area contributed by atoms with Gasteiger partial charge in [0.1, 0.15) is 0 Å². The molecule has 1 heterocycles.